The molecular weight excluding hydrogens is 457 g/mol. The van der Waals surface area contributed by atoms with E-state index in [2.05, 4.69) is 27.2 Å². The van der Waals surface area contributed by atoms with Crippen molar-refractivity contribution in [1.82, 2.24) is 19.8 Å². The predicted octanol–water partition coefficient (Wildman–Crippen LogP) is 1.92. The number of nitrogens with one attached hydrogen (secondary N) is 2. The summed E-state index contributed by atoms with van der Waals surface area (Å²) in [5, 5.41) is 2.64. The maximum atomic E-state index is 12.8. The van der Waals surface area contributed by atoms with Gasteiger partial charge in [-0.25, -0.2) is 13.1 Å². The molecule has 0 unspecified atom stereocenters. The van der Waals surface area contributed by atoms with Crippen LogP contribution in [0.25, 0.3) is 0 Å². The van der Waals surface area contributed by atoms with Gasteiger partial charge in [-0.05, 0) is 23.8 Å². The molecular formula is C22H27F3N4O3S. The molecule has 2 N–H and O–H groups in total. The molecule has 0 bridgehead atoms. The molecule has 7 nitrogen and oxygen atoms in total. The Balaban J connectivity index is 1.36. The number of carbonyl (C=O) groups is 1. The van der Waals surface area contributed by atoms with Crippen molar-refractivity contribution in [3.63, 3.8) is 0 Å². The lowest BCUT2D eigenvalue weighted by Gasteiger charge is -2.34. The van der Waals surface area contributed by atoms with E-state index in [1.165, 1.54) is 5.56 Å². The topological polar surface area (TPSA) is 81.7 Å². The van der Waals surface area contributed by atoms with Gasteiger partial charge in [-0.15, -0.1) is 0 Å². The number of piperazine rings is 1. The molecule has 0 aromatic heterocycles. The lowest BCUT2D eigenvalue weighted by Crippen LogP contribution is -2.48. The first-order valence-electron chi connectivity index (χ1n) is 10.6. The van der Waals surface area contributed by atoms with E-state index in [-0.39, 0.29) is 0 Å². The molecule has 0 spiro atoms. The van der Waals surface area contributed by atoms with Gasteiger partial charge in [0.1, 0.15) is 0 Å². The van der Waals surface area contributed by atoms with E-state index in [9.17, 15) is 26.4 Å². The third-order valence-corrected chi connectivity index (χ3v) is 6.76. The SMILES string of the molecule is O=C(CNS(=O)(=O)c1cccc(C(F)(F)F)c1)NCCN1CCN(Cc2ccccc2)CC1. The zero-order valence-electron chi connectivity index (χ0n) is 18.0. The zero-order chi connectivity index (χ0) is 23.9. The Hall–Kier alpha value is -2.47. The van der Waals surface area contributed by atoms with Crippen LogP contribution in [0.4, 0.5) is 13.2 Å². The molecule has 3 rings (SSSR count). The van der Waals surface area contributed by atoms with Crippen molar-refractivity contribution in [3.8, 4) is 0 Å². The smallest absolute Gasteiger partial charge is 0.354 e. The minimum Gasteiger partial charge on any atom is -0.354 e. The standard InChI is InChI=1S/C22H27F3N4O3S/c23-22(24,25)19-7-4-8-20(15-19)33(31,32)27-16-21(30)26-9-10-28-11-13-29(14-12-28)17-18-5-2-1-3-6-18/h1-8,15,27H,9-14,16-17H2,(H,26,30). The molecule has 1 saturated heterocycles. The number of hydrogen-bond acceptors (Lipinski definition) is 5. The number of carbonyl (C=O) groups excluding carboxylic acids is 1. The molecule has 1 fully saturated rings. The van der Waals surface area contributed by atoms with Crippen molar-refractivity contribution < 1.29 is 26.4 Å². The van der Waals surface area contributed by atoms with Gasteiger partial charge >= 0.3 is 6.18 Å². The second kappa shape index (κ2) is 11.1. The van der Waals surface area contributed by atoms with Crippen LogP contribution in [0.3, 0.4) is 0 Å². The van der Waals surface area contributed by atoms with Gasteiger partial charge in [-0.2, -0.15) is 13.2 Å². The van der Waals surface area contributed by atoms with Crippen LogP contribution in [0.5, 0.6) is 0 Å². The highest BCUT2D eigenvalue weighted by molar-refractivity contribution is 7.89. The molecule has 1 amide bonds. The van der Waals surface area contributed by atoms with E-state index in [1.54, 1.807) is 0 Å². The summed E-state index contributed by atoms with van der Waals surface area (Å²) in [7, 11) is -4.24. The third kappa shape index (κ3) is 7.81. The summed E-state index contributed by atoms with van der Waals surface area (Å²) >= 11 is 0. The minimum absolute atomic E-state index is 0.350. The number of rotatable bonds is 9. The highest BCUT2D eigenvalue weighted by Crippen LogP contribution is 2.30. The average Bonchev–Trinajstić information content (AvgIpc) is 2.79. The normalized spacial score (nSPS) is 16.0. The quantitative estimate of drug-likeness (QED) is 0.569. The molecule has 1 heterocycles. The third-order valence-electron chi connectivity index (χ3n) is 5.36. The van der Waals surface area contributed by atoms with Crippen LogP contribution in [0.1, 0.15) is 11.1 Å². The lowest BCUT2D eigenvalue weighted by atomic mass is 10.2. The second-order valence-corrected chi connectivity index (χ2v) is 9.57. The van der Waals surface area contributed by atoms with Crippen molar-refractivity contribution in [1.29, 1.82) is 0 Å². The summed E-state index contributed by atoms with van der Waals surface area (Å²) in [5.41, 5.74) is 0.199. The van der Waals surface area contributed by atoms with E-state index in [4.69, 9.17) is 0 Å². The Morgan fingerprint density at radius 3 is 2.27 bits per heavy atom. The van der Waals surface area contributed by atoms with Gasteiger partial charge in [0.15, 0.2) is 0 Å². The van der Waals surface area contributed by atoms with Crippen LogP contribution in [0.2, 0.25) is 0 Å². The van der Waals surface area contributed by atoms with E-state index < -0.39 is 39.1 Å². The fourth-order valence-corrected chi connectivity index (χ4v) is 4.54. The number of alkyl halides is 3. The molecule has 180 valence electrons. The maximum absolute atomic E-state index is 12.8. The van der Waals surface area contributed by atoms with Crippen LogP contribution in [0, 0.1) is 0 Å². The number of sulfonamides is 1. The molecule has 0 aliphatic carbocycles. The monoisotopic (exact) mass is 484 g/mol. The Labute approximate surface area is 191 Å². The molecule has 0 saturated carbocycles. The first-order chi connectivity index (χ1) is 15.6. The van der Waals surface area contributed by atoms with Gasteiger partial charge in [0, 0.05) is 45.8 Å². The highest BCUT2D eigenvalue weighted by Gasteiger charge is 2.31. The first-order valence-corrected chi connectivity index (χ1v) is 12.0. The summed E-state index contributed by atoms with van der Waals surface area (Å²) in [4.78, 5) is 16.0. The molecule has 2 aromatic carbocycles. The van der Waals surface area contributed by atoms with Crippen molar-refractivity contribution in [2.45, 2.75) is 17.6 Å². The summed E-state index contributed by atoms with van der Waals surface area (Å²) < 4.78 is 64.9. The van der Waals surface area contributed by atoms with Gasteiger partial charge in [-0.1, -0.05) is 36.4 Å². The van der Waals surface area contributed by atoms with E-state index in [0.717, 1.165) is 50.9 Å². The fraction of sp³-hybridized carbons (Fsp3) is 0.409. The second-order valence-electron chi connectivity index (χ2n) is 7.80. The molecule has 1 aliphatic rings. The Morgan fingerprint density at radius 2 is 1.61 bits per heavy atom. The van der Waals surface area contributed by atoms with Crippen LogP contribution in [0.15, 0.2) is 59.5 Å². The molecule has 1 aliphatic heterocycles. The van der Waals surface area contributed by atoms with Crippen LogP contribution in [-0.2, 0) is 27.5 Å². The van der Waals surface area contributed by atoms with E-state index >= 15 is 0 Å². The molecule has 2 aromatic rings. The number of amides is 1. The van der Waals surface area contributed by atoms with Crippen molar-refractivity contribution >= 4 is 15.9 Å². The van der Waals surface area contributed by atoms with E-state index in [0.29, 0.717) is 19.2 Å². The van der Waals surface area contributed by atoms with E-state index in [1.807, 2.05) is 22.9 Å². The zero-order valence-corrected chi connectivity index (χ0v) is 18.8. The summed E-state index contributed by atoms with van der Waals surface area (Å²) in [6.45, 7) is 4.89. The fourth-order valence-electron chi connectivity index (χ4n) is 3.51. The van der Waals surface area contributed by atoms with Crippen molar-refractivity contribution in [2.24, 2.45) is 0 Å². The van der Waals surface area contributed by atoms with Gasteiger partial charge in [0.05, 0.1) is 17.0 Å². The van der Waals surface area contributed by atoms with Gasteiger partial charge < -0.3 is 5.32 Å². The Morgan fingerprint density at radius 1 is 0.939 bits per heavy atom. The van der Waals surface area contributed by atoms with Gasteiger partial charge in [0.25, 0.3) is 0 Å². The maximum Gasteiger partial charge on any atom is 0.416 e. The number of benzene rings is 2. The number of halogens is 3. The van der Waals surface area contributed by atoms with Crippen molar-refractivity contribution in [3.05, 3.63) is 65.7 Å². The Bertz CT molecular complexity index is 1020. The first kappa shape index (κ1) is 25.2. The molecule has 11 heteroatoms. The minimum atomic E-state index is -4.66. The largest absolute Gasteiger partial charge is 0.416 e. The van der Waals surface area contributed by atoms with Gasteiger partial charge in [-0.3, -0.25) is 14.6 Å². The number of hydrogen-bond donors (Lipinski definition) is 2. The summed E-state index contributed by atoms with van der Waals surface area (Å²) in [6, 6.07) is 13.6. The summed E-state index contributed by atoms with van der Waals surface area (Å²) in [5.74, 6) is -0.548. The summed E-state index contributed by atoms with van der Waals surface area (Å²) in [6.07, 6.45) is -4.66. The molecule has 0 atom stereocenters. The van der Waals surface area contributed by atoms with Gasteiger partial charge in [0.2, 0.25) is 15.9 Å². The predicted molar refractivity (Wildman–Crippen MR) is 118 cm³/mol. The molecule has 33 heavy (non-hydrogen) atoms. The van der Waals surface area contributed by atoms with Crippen molar-refractivity contribution in [2.75, 3.05) is 45.8 Å². The van der Waals surface area contributed by atoms with Crippen LogP contribution in [-0.4, -0.2) is 69.9 Å². The van der Waals surface area contributed by atoms with Crippen LogP contribution >= 0.6 is 0 Å². The lowest BCUT2D eigenvalue weighted by molar-refractivity contribution is -0.137. The highest BCUT2D eigenvalue weighted by atomic mass is 32.2. The molecule has 0 radical (unpaired) electrons. The Kier molecular flexibility index (Phi) is 8.46. The van der Waals surface area contributed by atoms with Crippen LogP contribution < -0.4 is 10.0 Å². The average molecular weight is 485 g/mol. The number of nitrogens with zero attached hydrogens (tertiary/aromatic N) is 2.